The van der Waals surface area contributed by atoms with E-state index >= 15 is 0 Å². The van der Waals surface area contributed by atoms with Gasteiger partial charge in [0.1, 0.15) is 12.2 Å². The number of hydrazine groups is 1. The second-order valence-corrected chi connectivity index (χ2v) is 4.71. The Kier molecular flexibility index (Phi) is 4.13. The van der Waals surface area contributed by atoms with E-state index in [1.54, 1.807) is 11.0 Å². The zero-order valence-electron chi connectivity index (χ0n) is 11.5. The first-order valence-electron chi connectivity index (χ1n) is 6.18. The molecule has 1 heterocycles. The van der Waals surface area contributed by atoms with Gasteiger partial charge in [0, 0.05) is 33.3 Å². The van der Waals surface area contributed by atoms with Crippen LogP contribution in [0.5, 0.6) is 0 Å². The number of nitrogens with zero attached hydrogens (tertiary/aromatic N) is 4. The summed E-state index contributed by atoms with van der Waals surface area (Å²) in [6.45, 7) is 0. The van der Waals surface area contributed by atoms with Crippen LogP contribution >= 0.6 is 0 Å². The number of nitrogens with one attached hydrogen (secondary N) is 1. The molecule has 0 aliphatic rings. The fourth-order valence-corrected chi connectivity index (χ4v) is 1.98. The molecule has 0 saturated heterocycles. The Morgan fingerprint density at radius 1 is 1.42 bits per heavy atom. The number of anilines is 1. The van der Waals surface area contributed by atoms with Crippen molar-refractivity contribution in [2.24, 2.45) is 12.9 Å². The maximum Gasteiger partial charge on any atom is 0.138 e. The van der Waals surface area contributed by atoms with Gasteiger partial charge in [0.25, 0.3) is 0 Å². The molecule has 0 radical (unpaired) electrons. The lowest BCUT2D eigenvalue weighted by Gasteiger charge is -2.19. The number of aromatic nitrogens is 3. The SMILES string of the molecule is CN(C)c1cccc(C(Cc2ncnn2C)NN)c1. The molecule has 1 unspecified atom stereocenters. The molecule has 6 heteroatoms. The molecule has 1 aromatic heterocycles. The molecule has 0 saturated carbocycles. The number of nitrogens with two attached hydrogens (primary N) is 1. The van der Waals surface area contributed by atoms with E-state index in [4.69, 9.17) is 5.84 Å². The Bertz CT molecular complexity index is 533. The molecule has 0 bridgehead atoms. The first kappa shape index (κ1) is 13.5. The van der Waals surface area contributed by atoms with E-state index in [0.29, 0.717) is 6.42 Å². The van der Waals surface area contributed by atoms with Gasteiger partial charge >= 0.3 is 0 Å². The van der Waals surface area contributed by atoms with Crippen LogP contribution in [0, 0.1) is 0 Å². The van der Waals surface area contributed by atoms with Crippen molar-refractivity contribution >= 4 is 5.69 Å². The lowest BCUT2D eigenvalue weighted by atomic mass is 10.0. The predicted molar refractivity (Wildman–Crippen MR) is 75.5 cm³/mol. The van der Waals surface area contributed by atoms with Crippen LogP contribution in [0.3, 0.4) is 0 Å². The smallest absolute Gasteiger partial charge is 0.138 e. The molecule has 2 rings (SSSR count). The zero-order chi connectivity index (χ0) is 13.8. The Hall–Kier alpha value is -1.92. The van der Waals surface area contributed by atoms with Crippen molar-refractivity contribution in [3.8, 4) is 0 Å². The zero-order valence-corrected chi connectivity index (χ0v) is 11.5. The van der Waals surface area contributed by atoms with Gasteiger partial charge in [-0.15, -0.1) is 0 Å². The van der Waals surface area contributed by atoms with Gasteiger partial charge in [-0.25, -0.2) is 4.98 Å². The lowest BCUT2D eigenvalue weighted by Crippen LogP contribution is -2.30. The highest BCUT2D eigenvalue weighted by Gasteiger charge is 2.14. The van der Waals surface area contributed by atoms with E-state index in [1.807, 2.05) is 27.2 Å². The molecule has 0 spiro atoms. The minimum absolute atomic E-state index is 0.0165. The molecular weight excluding hydrogens is 240 g/mol. The van der Waals surface area contributed by atoms with E-state index in [1.165, 1.54) is 0 Å². The van der Waals surface area contributed by atoms with E-state index in [2.05, 4.69) is 38.6 Å². The number of rotatable bonds is 5. The molecular formula is C13H20N6. The summed E-state index contributed by atoms with van der Waals surface area (Å²) >= 11 is 0. The molecule has 2 aromatic rings. The molecule has 102 valence electrons. The largest absolute Gasteiger partial charge is 0.378 e. The Labute approximate surface area is 113 Å². The van der Waals surface area contributed by atoms with Gasteiger partial charge in [-0.1, -0.05) is 12.1 Å². The van der Waals surface area contributed by atoms with Crippen molar-refractivity contribution in [1.82, 2.24) is 20.2 Å². The van der Waals surface area contributed by atoms with Crippen LogP contribution in [0.2, 0.25) is 0 Å². The van der Waals surface area contributed by atoms with Crippen LogP contribution in [0.25, 0.3) is 0 Å². The van der Waals surface area contributed by atoms with Gasteiger partial charge in [0.05, 0.1) is 6.04 Å². The second-order valence-electron chi connectivity index (χ2n) is 4.71. The highest BCUT2D eigenvalue weighted by Crippen LogP contribution is 2.21. The summed E-state index contributed by atoms with van der Waals surface area (Å²) < 4.78 is 1.76. The van der Waals surface area contributed by atoms with Crippen molar-refractivity contribution in [1.29, 1.82) is 0 Å². The quantitative estimate of drug-likeness (QED) is 0.609. The van der Waals surface area contributed by atoms with Gasteiger partial charge < -0.3 is 4.90 Å². The van der Waals surface area contributed by atoms with Gasteiger partial charge in [0.15, 0.2) is 0 Å². The van der Waals surface area contributed by atoms with E-state index in [9.17, 15) is 0 Å². The summed E-state index contributed by atoms with van der Waals surface area (Å²) in [5, 5.41) is 4.07. The maximum atomic E-state index is 5.68. The summed E-state index contributed by atoms with van der Waals surface area (Å²) in [5.41, 5.74) is 5.14. The van der Waals surface area contributed by atoms with Crippen molar-refractivity contribution in [3.05, 3.63) is 42.0 Å². The fraction of sp³-hybridized carbons (Fsp3) is 0.385. The fourth-order valence-electron chi connectivity index (χ4n) is 1.98. The van der Waals surface area contributed by atoms with Crippen molar-refractivity contribution in [2.75, 3.05) is 19.0 Å². The molecule has 0 aliphatic heterocycles. The predicted octanol–water partition coefficient (Wildman–Crippen LogP) is 0.628. The first-order chi connectivity index (χ1) is 9.11. The van der Waals surface area contributed by atoms with Crippen LogP contribution < -0.4 is 16.2 Å². The Morgan fingerprint density at radius 2 is 2.21 bits per heavy atom. The third-order valence-electron chi connectivity index (χ3n) is 3.18. The van der Waals surface area contributed by atoms with Gasteiger partial charge in [-0.3, -0.25) is 16.0 Å². The molecule has 1 aromatic carbocycles. The Morgan fingerprint density at radius 3 is 2.79 bits per heavy atom. The van der Waals surface area contributed by atoms with Gasteiger partial charge in [-0.05, 0) is 17.7 Å². The van der Waals surface area contributed by atoms with Crippen LogP contribution in [-0.4, -0.2) is 28.9 Å². The summed E-state index contributed by atoms with van der Waals surface area (Å²) in [6.07, 6.45) is 2.25. The average Bonchev–Trinajstić information content (AvgIpc) is 2.81. The van der Waals surface area contributed by atoms with Gasteiger partial charge in [0.2, 0.25) is 0 Å². The summed E-state index contributed by atoms with van der Waals surface area (Å²) in [4.78, 5) is 6.30. The molecule has 0 fully saturated rings. The number of hydrogen-bond acceptors (Lipinski definition) is 5. The van der Waals surface area contributed by atoms with Crippen molar-refractivity contribution in [2.45, 2.75) is 12.5 Å². The maximum absolute atomic E-state index is 5.68. The van der Waals surface area contributed by atoms with E-state index in [0.717, 1.165) is 17.1 Å². The third-order valence-corrected chi connectivity index (χ3v) is 3.18. The second kappa shape index (κ2) is 5.81. The summed E-state index contributed by atoms with van der Waals surface area (Å²) in [5.74, 6) is 6.58. The molecule has 19 heavy (non-hydrogen) atoms. The third kappa shape index (κ3) is 3.10. The topological polar surface area (TPSA) is 72.0 Å². The van der Waals surface area contributed by atoms with E-state index in [-0.39, 0.29) is 6.04 Å². The van der Waals surface area contributed by atoms with Gasteiger partial charge in [-0.2, -0.15) is 5.10 Å². The number of benzene rings is 1. The summed E-state index contributed by atoms with van der Waals surface area (Å²) in [6, 6.07) is 8.31. The molecule has 0 amide bonds. The van der Waals surface area contributed by atoms with Crippen LogP contribution in [0.1, 0.15) is 17.4 Å². The first-order valence-corrected chi connectivity index (χ1v) is 6.18. The number of hydrogen-bond donors (Lipinski definition) is 2. The Balaban J connectivity index is 2.22. The average molecular weight is 260 g/mol. The number of aryl methyl sites for hydroxylation is 1. The molecule has 0 aliphatic carbocycles. The van der Waals surface area contributed by atoms with Crippen LogP contribution in [0.4, 0.5) is 5.69 Å². The lowest BCUT2D eigenvalue weighted by molar-refractivity contribution is 0.523. The molecule has 1 atom stereocenters. The summed E-state index contributed by atoms with van der Waals surface area (Å²) in [7, 11) is 5.92. The van der Waals surface area contributed by atoms with Crippen LogP contribution in [0.15, 0.2) is 30.6 Å². The standard InChI is InChI=1S/C13H20N6/c1-18(2)11-6-4-5-10(7-11)12(17-14)8-13-15-9-16-19(13)3/h4-7,9,12,17H,8,14H2,1-3H3. The van der Waals surface area contributed by atoms with Crippen molar-refractivity contribution < 1.29 is 0 Å². The molecule has 3 N–H and O–H groups in total. The van der Waals surface area contributed by atoms with Crippen molar-refractivity contribution in [3.63, 3.8) is 0 Å². The molecule has 6 nitrogen and oxygen atoms in total. The minimum Gasteiger partial charge on any atom is -0.378 e. The minimum atomic E-state index is 0.0165. The highest BCUT2D eigenvalue weighted by molar-refractivity contribution is 5.47. The van der Waals surface area contributed by atoms with Crippen LogP contribution in [-0.2, 0) is 13.5 Å². The highest BCUT2D eigenvalue weighted by atomic mass is 15.3. The normalized spacial score (nSPS) is 12.4. The van der Waals surface area contributed by atoms with E-state index < -0.39 is 0 Å². The monoisotopic (exact) mass is 260 g/mol.